The first-order chi connectivity index (χ1) is 11.8. The molecule has 0 saturated heterocycles. The molecule has 4 atom stereocenters. The quantitative estimate of drug-likeness (QED) is 0.628. The zero-order valence-corrected chi connectivity index (χ0v) is 15.7. The van der Waals surface area contributed by atoms with Gasteiger partial charge in [-0.25, -0.2) is 0 Å². The third-order valence-corrected chi connectivity index (χ3v) is 6.64. The third-order valence-electron chi connectivity index (χ3n) is 6.64. The van der Waals surface area contributed by atoms with Gasteiger partial charge in [0.05, 0.1) is 0 Å². The molecule has 1 aliphatic rings. The van der Waals surface area contributed by atoms with Gasteiger partial charge < -0.3 is 0 Å². The van der Waals surface area contributed by atoms with E-state index in [-0.39, 0.29) is 23.2 Å². The standard InChI is InChI=1S/C24H28O/c1-6-23(3,4)24(5)21(19-15-11-8-12-16-19)20(17(2)22(24)25)18-13-9-7-10-14-18/h6-17,20-21H,1H2,2-5H3/t17-,20+,21+,24+/m0/s1. The van der Waals surface area contributed by atoms with Crippen LogP contribution in [0.1, 0.15) is 50.7 Å². The Kier molecular flexibility index (Phi) is 4.45. The van der Waals surface area contributed by atoms with Gasteiger partial charge in [-0.1, -0.05) is 94.4 Å². The van der Waals surface area contributed by atoms with Crippen LogP contribution in [0.4, 0.5) is 0 Å². The van der Waals surface area contributed by atoms with Crippen molar-refractivity contribution in [2.75, 3.05) is 0 Å². The summed E-state index contributed by atoms with van der Waals surface area (Å²) in [6, 6.07) is 21.0. The molecule has 0 heterocycles. The maximum absolute atomic E-state index is 13.6. The van der Waals surface area contributed by atoms with E-state index in [1.165, 1.54) is 11.1 Å². The summed E-state index contributed by atoms with van der Waals surface area (Å²) in [6.07, 6.45) is 1.96. The monoisotopic (exact) mass is 332 g/mol. The summed E-state index contributed by atoms with van der Waals surface area (Å²) in [5.41, 5.74) is 1.71. The minimum absolute atomic E-state index is 0.0168. The van der Waals surface area contributed by atoms with Crippen molar-refractivity contribution in [3.8, 4) is 0 Å². The highest BCUT2D eigenvalue weighted by Gasteiger charge is 2.61. The second-order valence-electron chi connectivity index (χ2n) is 8.11. The predicted octanol–water partition coefficient (Wildman–Crippen LogP) is 5.99. The molecule has 1 aliphatic carbocycles. The minimum Gasteiger partial charge on any atom is -0.299 e. The Morgan fingerprint density at radius 1 is 0.960 bits per heavy atom. The van der Waals surface area contributed by atoms with E-state index in [0.29, 0.717) is 5.78 Å². The van der Waals surface area contributed by atoms with Crippen LogP contribution in [-0.4, -0.2) is 5.78 Å². The van der Waals surface area contributed by atoms with Crippen LogP contribution < -0.4 is 0 Å². The van der Waals surface area contributed by atoms with Crippen LogP contribution in [0.2, 0.25) is 0 Å². The molecule has 1 nitrogen and oxygen atoms in total. The lowest BCUT2D eigenvalue weighted by molar-refractivity contribution is -0.132. The first-order valence-corrected chi connectivity index (χ1v) is 9.12. The lowest BCUT2D eigenvalue weighted by Gasteiger charge is -2.44. The van der Waals surface area contributed by atoms with Gasteiger partial charge in [0, 0.05) is 23.2 Å². The summed E-state index contributed by atoms with van der Waals surface area (Å²) in [7, 11) is 0. The summed E-state index contributed by atoms with van der Waals surface area (Å²) in [6.45, 7) is 12.6. The topological polar surface area (TPSA) is 17.1 Å². The zero-order valence-electron chi connectivity index (χ0n) is 15.7. The highest BCUT2D eigenvalue weighted by Crippen LogP contribution is 2.63. The maximum Gasteiger partial charge on any atom is 0.143 e. The molecule has 1 heteroatoms. The second-order valence-corrected chi connectivity index (χ2v) is 8.11. The number of rotatable bonds is 4. The van der Waals surface area contributed by atoms with Gasteiger partial charge in [0.25, 0.3) is 0 Å². The summed E-state index contributed by atoms with van der Waals surface area (Å²) in [5.74, 6) is 0.642. The zero-order chi connectivity index (χ0) is 18.2. The number of benzene rings is 2. The van der Waals surface area contributed by atoms with Crippen LogP contribution in [-0.2, 0) is 4.79 Å². The van der Waals surface area contributed by atoms with Gasteiger partial charge in [-0.05, 0) is 16.5 Å². The van der Waals surface area contributed by atoms with E-state index < -0.39 is 5.41 Å². The molecular formula is C24H28O. The van der Waals surface area contributed by atoms with E-state index in [9.17, 15) is 4.79 Å². The van der Waals surface area contributed by atoms with E-state index >= 15 is 0 Å². The van der Waals surface area contributed by atoms with Crippen molar-refractivity contribution >= 4 is 5.78 Å². The van der Waals surface area contributed by atoms with Crippen molar-refractivity contribution in [3.63, 3.8) is 0 Å². The molecule has 2 aromatic carbocycles. The number of ketones is 1. The van der Waals surface area contributed by atoms with Crippen molar-refractivity contribution in [1.29, 1.82) is 0 Å². The molecule has 2 aromatic rings. The fourth-order valence-electron chi connectivity index (χ4n) is 4.72. The molecule has 25 heavy (non-hydrogen) atoms. The molecule has 0 aliphatic heterocycles. The summed E-state index contributed by atoms with van der Waals surface area (Å²) < 4.78 is 0. The largest absolute Gasteiger partial charge is 0.299 e. The van der Waals surface area contributed by atoms with Crippen LogP contribution in [0.3, 0.4) is 0 Å². The van der Waals surface area contributed by atoms with Gasteiger partial charge in [-0.15, -0.1) is 6.58 Å². The van der Waals surface area contributed by atoms with E-state index in [4.69, 9.17) is 0 Å². The van der Waals surface area contributed by atoms with Gasteiger partial charge in [0.1, 0.15) is 5.78 Å². The first kappa shape index (κ1) is 17.7. The molecular weight excluding hydrogens is 304 g/mol. The van der Waals surface area contributed by atoms with E-state index in [2.05, 4.69) is 82.8 Å². The number of carbonyl (C=O) groups excluding carboxylic acids is 1. The number of hydrogen-bond acceptors (Lipinski definition) is 1. The van der Waals surface area contributed by atoms with Crippen molar-refractivity contribution < 1.29 is 4.79 Å². The van der Waals surface area contributed by atoms with E-state index in [1.807, 2.05) is 18.2 Å². The Hall–Kier alpha value is -2.15. The summed E-state index contributed by atoms with van der Waals surface area (Å²) >= 11 is 0. The Bertz CT molecular complexity index is 759. The molecule has 0 amide bonds. The normalized spacial score (nSPS) is 29.6. The number of allylic oxidation sites excluding steroid dienone is 1. The van der Waals surface area contributed by atoms with Crippen molar-refractivity contribution in [1.82, 2.24) is 0 Å². The fraction of sp³-hybridized carbons (Fsp3) is 0.375. The Morgan fingerprint density at radius 3 is 1.92 bits per heavy atom. The molecule has 130 valence electrons. The number of Topliss-reactive ketones (excluding diaryl/α,β-unsaturated/α-hetero) is 1. The van der Waals surface area contributed by atoms with Crippen molar-refractivity contribution in [2.24, 2.45) is 16.7 Å². The smallest absolute Gasteiger partial charge is 0.143 e. The van der Waals surface area contributed by atoms with Gasteiger partial charge in [0.2, 0.25) is 0 Å². The Labute approximate surface area is 151 Å². The molecule has 0 bridgehead atoms. The molecule has 0 spiro atoms. The molecule has 0 N–H and O–H groups in total. The maximum atomic E-state index is 13.6. The number of hydrogen-bond donors (Lipinski definition) is 0. The van der Waals surface area contributed by atoms with Crippen LogP contribution in [0.15, 0.2) is 73.3 Å². The van der Waals surface area contributed by atoms with E-state index in [0.717, 1.165) is 0 Å². The molecule has 0 radical (unpaired) electrons. The molecule has 0 unspecified atom stereocenters. The van der Waals surface area contributed by atoms with E-state index in [1.54, 1.807) is 0 Å². The summed E-state index contributed by atoms with van der Waals surface area (Å²) in [4.78, 5) is 13.6. The average molecular weight is 332 g/mol. The Morgan fingerprint density at radius 2 is 1.44 bits per heavy atom. The predicted molar refractivity (Wildman–Crippen MR) is 105 cm³/mol. The van der Waals surface area contributed by atoms with Gasteiger partial charge in [-0.3, -0.25) is 4.79 Å². The SMILES string of the molecule is C=CC(C)(C)[C@@]1(C)C(=O)[C@@H](C)[C@H](c2ccccc2)[C@H]1c1ccccc1. The number of carbonyl (C=O) groups is 1. The van der Waals surface area contributed by atoms with Crippen LogP contribution in [0.25, 0.3) is 0 Å². The van der Waals surface area contributed by atoms with Crippen LogP contribution in [0, 0.1) is 16.7 Å². The first-order valence-electron chi connectivity index (χ1n) is 9.12. The Balaban J connectivity index is 2.26. The molecule has 0 aromatic heterocycles. The average Bonchev–Trinajstić information content (AvgIpc) is 2.85. The van der Waals surface area contributed by atoms with Crippen molar-refractivity contribution in [2.45, 2.75) is 39.5 Å². The summed E-state index contributed by atoms with van der Waals surface area (Å²) in [5, 5.41) is 0. The minimum atomic E-state index is -0.490. The van der Waals surface area contributed by atoms with Crippen LogP contribution in [0.5, 0.6) is 0 Å². The fourth-order valence-corrected chi connectivity index (χ4v) is 4.72. The third kappa shape index (κ3) is 2.57. The van der Waals surface area contributed by atoms with Gasteiger partial charge >= 0.3 is 0 Å². The lowest BCUT2D eigenvalue weighted by atomic mass is 9.58. The second kappa shape index (κ2) is 6.29. The highest BCUT2D eigenvalue weighted by atomic mass is 16.1. The molecule has 3 rings (SSSR count). The van der Waals surface area contributed by atoms with Crippen molar-refractivity contribution in [3.05, 3.63) is 84.4 Å². The van der Waals surface area contributed by atoms with Crippen LogP contribution >= 0.6 is 0 Å². The molecule has 1 saturated carbocycles. The van der Waals surface area contributed by atoms with Gasteiger partial charge in [0.15, 0.2) is 0 Å². The lowest BCUT2D eigenvalue weighted by Crippen LogP contribution is -2.42. The van der Waals surface area contributed by atoms with Gasteiger partial charge in [-0.2, -0.15) is 0 Å². The molecule has 1 fully saturated rings. The highest BCUT2D eigenvalue weighted by molar-refractivity contribution is 5.93.